The number of hydrogen-bond donors (Lipinski definition) is 0. The second-order valence-electron chi connectivity index (χ2n) is 3.87. The van der Waals surface area contributed by atoms with Gasteiger partial charge in [-0.25, -0.2) is 4.79 Å². The van der Waals surface area contributed by atoms with Crippen molar-refractivity contribution >= 4 is 22.7 Å². The second kappa shape index (κ2) is 5.05. The minimum absolute atomic E-state index is 0.0226. The molecule has 0 N–H and O–H groups in total. The van der Waals surface area contributed by atoms with E-state index in [1.165, 1.54) is 18.2 Å². The third-order valence-corrected chi connectivity index (χ3v) is 2.73. The van der Waals surface area contributed by atoms with E-state index in [1.54, 1.807) is 6.92 Å². The predicted octanol–water partition coefficient (Wildman–Crippen LogP) is 2.51. The maximum atomic E-state index is 11.8. The van der Waals surface area contributed by atoms with Crippen LogP contribution in [0.5, 0.6) is 0 Å². The Morgan fingerprint density at radius 3 is 2.79 bits per heavy atom. The Hall–Kier alpha value is -2.44. The van der Waals surface area contributed by atoms with E-state index in [4.69, 9.17) is 4.74 Å². The molecule has 1 heterocycles. The Bertz CT molecular complexity index is 648. The van der Waals surface area contributed by atoms with Crippen molar-refractivity contribution in [1.82, 2.24) is 9.78 Å². The second-order valence-corrected chi connectivity index (χ2v) is 3.87. The van der Waals surface area contributed by atoms with Gasteiger partial charge in [-0.2, -0.15) is 9.78 Å². The van der Waals surface area contributed by atoms with Crippen LogP contribution in [-0.2, 0) is 11.2 Å². The maximum absolute atomic E-state index is 11.8. The molecule has 19 heavy (non-hydrogen) atoms. The number of aromatic nitrogens is 2. The zero-order valence-electron chi connectivity index (χ0n) is 10.6. The van der Waals surface area contributed by atoms with E-state index in [2.05, 4.69) is 5.10 Å². The molecule has 0 aliphatic heterocycles. The number of benzene rings is 1. The van der Waals surface area contributed by atoms with Crippen LogP contribution >= 0.6 is 0 Å². The van der Waals surface area contributed by atoms with E-state index in [1.807, 2.05) is 6.92 Å². The lowest BCUT2D eigenvalue weighted by Gasteiger charge is -2.01. The van der Waals surface area contributed by atoms with Gasteiger partial charge in [-0.05, 0) is 19.4 Å². The highest BCUT2D eigenvalue weighted by atomic mass is 16.6. The van der Waals surface area contributed by atoms with E-state index < -0.39 is 11.0 Å². The molecule has 0 saturated carbocycles. The molecule has 2 rings (SSSR count). The Morgan fingerprint density at radius 2 is 2.21 bits per heavy atom. The van der Waals surface area contributed by atoms with E-state index in [9.17, 15) is 14.9 Å². The number of fused-ring (bicyclic) bond motifs is 1. The van der Waals surface area contributed by atoms with Crippen LogP contribution in [-0.4, -0.2) is 27.4 Å². The molecule has 0 saturated heterocycles. The smallest absolute Gasteiger partial charge is 0.435 e. The van der Waals surface area contributed by atoms with Gasteiger partial charge < -0.3 is 4.74 Å². The molecule has 1 aromatic carbocycles. The monoisotopic (exact) mass is 263 g/mol. The van der Waals surface area contributed by atoms with E-state index in [-0.39, 0.29) is 12.3 Å². The molecule has 0 unspecified atom stereocenters. The van der Waals surface area contributed by atoms with E-state index in [0.717, 1.165) is 4.68 Å². The Balaban J connectivity index is 2.62. The number of carbonyl (C=O) groups excluding carboxylic acids is 1. The minimum Gasteiger partial charge on any atom is -0.448 e. The van der Waals surface area contributed by atoms with Crippen molar-refractivity contribution in [2.45, 2.75) is 20.3 Å². The van der Waals surface area contributed by atoms with Gasteiger partial charge in [-0.1, -0.05) is 6.92 Å². The highest BCUT2D eigenvalue weighted by Gasteiger charge is 2.18. The number of carbonyl (C=O) groups is 1. The fourth-order valence-electron chi connectivity index (χ4n) is 1.87. The van der Waals surface area contributed by atoms with Crippen molar-refractivity contribution in [1.29, 1.82) is 0 Å². The summed E-state index contributed by atoms with van der Waals surface area (Å²) in [6.45, 7) is 3.82. The van der Waals surface area contributed by atoms with Crippen LogP contribution in [0.2, 0.25) is 0 Å². The zero-order valence-corrected chi connectivity index (χ0v) is 10.6. The average Bonchev–Trinajstić information content (AvgIpc) is 2.76. The summed E-state index contributed by atoms with van der Waals surface area (Å²) in [5, 5.41) is 15.5. The molecular formula is C12H13N3O4. The summed E-state index contributed by atoms with van der Waals surface area (Å²) in [7, 11) is 0. The first-order valence-corrected chi connectivity index (χ1v) is 5.91. The first-order valence-electron chi connectivity index (χ1n) is 5.91. The highest BCUT2D eigenvalue weighted by Crippen LogP contribution is 2.24. The van der Waals surface area contributed by atoms with Gasteiger partial charge in [-0.15, -0.1) is 0 Å². The van der Waals surface area contributed by atoms with E-state index in [0.29, 0.717) is 23.0 Å². The van der Waals surface area contributed by atoms with Crippen LogP contribution in [0, 0.1) is 10.1 Å². The summed E-state index contributed by atoms with van der Waals surface area (Å²) >= 11 is 0. The van der Waals surface area contributed by atoms with Crippen molar-refractivity contribution in [3.8, 4) is 0 Å². The fraction of sp³-hybridized carbons (Fsp3) is 0.333. The summed E-state index contributed by atoms with van der Waals surface area (Å²) in [5.41, 5.74) is 1.12. The van der Waals surface area contributed by atoms with Gasteiger partial charge in [0.15, 0.2) is 0 Å². The Kier molecular flexibility index (Phi) is 3.46. The first-order chi connectivity index (χ1) is 9.08. The summed E-state index contributed by atoms with van der Waals surface area (Å²) in [5.74, 6) is 0. The van der Waals surface area contributed by atoms with E-state index >= 15 is 0 Å². The van der Waals surface area contributed by atoms with Crippen LogP contribution in [0.3, 0.4) is 0 Å². The van der Waals surface area contributed by atoms with Gasteiger partial charge in [-0.3, -0.25) is 10.1 Å². The number of non-ortho nitro benzene ring substituents is 1. The van der Waals surface area contributed by atoms with Crippen LogP contribution in [0.25, 0.3) is 10.9 Å². The number of rotatable bonds is 3. The number of hydrogen-bond acceptors (Lipinski definition) is 5. The summed E-state index contributed by atoms with van der Waals surface area (Å²) < 4.78 is 6.04. The van der Waals surface area contributed by atoms with Gasteiger partial charge in [0, 0.05) is 17.5 Å². The molecule has 2 aromatic rings. The van der Waals surface area contributed by atoms with Crippen molar-refractivity contribution in [2.24, 2.45) is 0 Å². The molecular weight excluding hydrogens is 250 g/mol. The largest absolute Gasteiger partial charge is 0.448 e. The number of aryl methyl sites for hydroxylation is 1. The van der Waals surface area contributed by atoms with Crippen LogP contribution in [0.1, 0.15) is 19.5 Å². The fourth-order valence-corrected chi connectivity index (χ4v) is 1.87. The summed E-state index contributed by atoms with van der Waals surface area (Å²) in [6, 6.07) is 4.28. The number of nitrogens with zero attached hydrogens (tertiary/aromatic N) is 3. The standard InChI is InChI=1S/C12H13N3O4/c1-3-10-9-7-8(15(17)18)5-6-11(9)14(13-10)12(16)19-4-2/h5-7H,3-4H2,1-2H3. The van der Waals surface area contributed by atoms with Crippen molar-refractivity contribution in [3.05, 3.63) is 34.0 Å². The number of nitro benzene ring substituents is 1. The SMILES string of the molecule is CCOC(=O)n1nc(CC)c2cc([N+](=O)[O-])ccc21. The van der Waals surface area contributed by atoms with Gasteiger partial charge in [0.25, 0.3) is 5.69 Å². The third-order valence-electron chi connectivity index (χ3n) is 2.73. The molecule has 1 aromatic heterocycles. The van der Waals surface area contributed by atoms with Gasteiger partial charge >= 0.3 is 6.09 Å². The molecule has 0 radical (unpaired) electrons. The van der Waals surface area contributed by atoms with Crippen LogP contribution < -0.4 is 0 Å². The maximum Gasteiger partial charge on any atom is 0.435 e. The highest BCUT2D eigenvalue weighted by molar-refractivity contribution is 5.91. The van der Waals surface area contributed by atoms with Gasteiger partial charge in [0.1, 0.15) is 0 Å². The van der Waals surface area contributed by atoms with Gasteiger partial charge in [0.05, 0.1) is 22.7 Å². The minimum atomic E-state index is -0.582. The topological polar surface area (TPSA) is 87.3 Å². The lowest BCUT2D eigenvalue weighted by atomic mass is 10.1. The number of ether oxygens (including phenoxy) is 1. The normalized spacial score (nSPS) is 10.6. The Morgan fingerprint density at radius 1 is 1.47 bits per heavy atom. The molecule has 7 nitrogen and oxygen atoms in total. The quantitative estimate of drug-likeness (QED) is 0.627. The predicted molar refractivity (Wildman–Crippen MR) is 68.2 cm³/mol. The van der Waals surface area contributed by atoms with Gasteiger partial charge in [0.2, 0.25) is 0 Å². The molecule has 0 fully saturated rings. The molecule has 0 spiro atoms. The lowest BCUT2D eigenvalue weighted by molar-refractivity contribution is -0.384. The number of nitro groups is 1. The van der Waals surface area contributed by atoms with Crippen molar-refractivity contribution < 1.29 is 14.5 Å². The first kappa shape index (κ1) is 13.0. The molecule has 7 heteroatoms. The Labute approximate surface area is 108 Å². The lowest BCUT2D eigenvalue weighted by Crippen LogP contribution is -2.15. The molecule has 100 valence electrons. The molecule has 0 amide bonds. The summed E-state index contributed by atoms with van der Waals surface area (Å²) in [6.07, 6.45) is -0.00887. The average molecular weight is 263 g/mol. The third kappa shape index (κ3) is 2.26. The molecule has 0 atom stereocenters. The molecule has 0 aliphatic rings. The van der Waals surface area contributed by atoms with Crippen LogP contribution in [0.15, 0.2) is 18.2 Å². The molecule has 0 bridgehead atoms. The van der Waals surface area contributed by atoms with Crippen LogP contribution in [0.4, 0.5) is 10.5 Å². The molecule has 0 aliphatic carbocycles. The summed E-state index contributed by atoms with van der Waals surface area (Å²) in [4.78, 5) is 22.1. The zero-order chi connectivity index (χ0) is 14.0. The van der Waals surface area contributed by atoms with Crippen molar-refractivity contribution in [3.63, 3.8) is 0 Å². The van der Waals surface area contributed by atoms with Crippen molar-refractivity contribution in [2.75, 3.05) is 6.61 Å².